The van der Waals surface area contributed by atoms with Crippen molar-refractivity contribution in [2.24, 2.45) is 5.92 Å². The van der Waals surface area contributed by atoms with Crippen LogP contribution in [-0.2, 0) is 24.2 Å². The Bertz CT molecular complexity index is 1060. The second kappa shape index (κ2) is 9.12. The highest BCUT2D eigenvalue weighted by atomic mass is 32.2. The summed E-state index contributed by atoms with van der Waals surface area (Å²) in [5, 5.41) is 13.4. The minimum Gasteiger partial charge on any atom is -0.301 e. The average molecular weight is 454 g/mol. The van der Waals surface area contributed by atoms with Crippen molar-refractivity contribution in [2.45, 2.75) is 63.1 Å². The Kier molecular flexibility index (Phi) is 6.09. The van der Waals surface area contributed by atoms with Gasteiger partial charge in [0.15, 0.2) is 10.3 Å². The smallest absolute Gasteiger partial charge is 0.236 e. The van der Waals surface area contributed by atoms with E-state index in [4.69, 9.17) is 0 Å². The molecular formula is C23H27N5OS2. The van der Waals surface area contributed by atoms with Gasteiger partial charge in [0, 0.05) is 10.8 Å². The lowest BCUT2D eigenvalue weighted by atomic mass is 9.89. The Morgan fingerprint density at radius 1 is 1.23 bits per heavy atom. The van der Waals surface area contributed by atoms with E-state index in [9.17, 15) is 4.79 Å². The second-order valence-corrected chi connectivity index (χ2v) is 10.5. The number of amides is 1. The summed E-state index contributed by atoms with van der Waals surface area (Å²) < 4.78 is 2.18. The Labute approximate surface area is 190 Å². The fourth-order valence-electron chi connectivity index (χ4n) is 4.10. The summed E-state index contributed by atoms with van der Waals surface area (Å²) in [6.45, 7) is 2.99. The summed E-state index contributed by atoms with van der Waals surface area (Å²) in [4.78, 5) is 18.6. The fourth-order valence-corrected chi connectivity index (χ4v) is 5.98. The molecule has 2 aliphatic rings. The Hall–Kier alpha value is -2.19. The fraction of sp³-hybridized carbons (Fsp3) is 0.478. The van der Waals surface area contributed by atoms with Crippen LogP contribution >= 0.6 is 23.1 Å². The first-order valence-corrected chi connectivity index (χ1v) is 12.9. The van der Waals surface area contributed by atoms with E-state index in [2.05, 4.69) is 44.1 Å². The van der Waals surface area contributed by atoms with Crippen LogP contribution in [-0.4, -0.2) is 31.4 Å². The van der Waals surface area contributed by atoms with Crippen molar-refractivity contribution in [1.29, 1.82) is 0 Å². The van der Waals surface area contributed by atoms with Gasteiger partial charge in [0.2, 0.25) is 5.91 Å². The zero-order valence-corrected chi connectivity index (χ0v) is 19.3. The second-order valence-electron chi connectivity index (χ2n) is 8.43. The van der Waals surface area contributed by atoms with Crippen molar-refractivity contribution in [2.75, 3.05) is 11.1 Å². The van der Waals surface area contributed by atoms with Crippen LogP contribution < -0.4 is 5.32 Å². The lowest BCUT2D eigenvalue weighted by Gasteiger charge is -2.18. The van der Waals surface area contributed by atoms with Crippen LogP contribution in [0.15, 0.2) is 35.5 Å². The number of rotatable bonds is 8. The summed E-state index contributed by atoms with van der Waals surface area (Å²) in [7, 11) is 0. The van der Waals surface area contributed by atoms with Gasteiger partial charge in [-0.3, -0.25) is 4.79 Å². The van der Waals surface area contributed by atoms with Crippen LogP contribution in [0.5, 0.6) is 0 Å². The maximum Gasteiger partial charge on any atom is 0.236 e. The van der Waals surface area contributed by atoms with E-state index in [0.29, 0.717) is 11.7 Å². The first-order chi connectivity index (χ1) is 15.2. The molecule has 0 saturated heterocycles. The number of hydrogen-bond donors (Lipinski definition) is 1. The highest BCUT2D eigenvalue weighted by Gasteiger charge is 2.30. The van der Waals surface area contributed by atoms with Crippen molar-refractivity contribution in [3.63, 3.8) is 0 Å². The standard InChI is InChI=1S/C23H27N5OS2/c1-2-15-8-11-18-19(12-15)31-22(24-18)25-20(29)14-30-23-27-26-21(17-9-10-17)28(23)13-16-6-4-3-5-7-16/h3-7,15,17H,2,8-14H2,1H3,(H,24,25,29). The Morgan fingerprint density at radius 3 is 2.84 bits per heavy atom. The molecule has 0 bridgehead atoms. The Balaban J connectivity index is 1.23. The number of anilines is 1. The number of nitrogens with zero attached hydrogens (tertiary/aromatic N) is 4. The van der Waals surface area contributed by atoms with E-state index >= 15 is 0 Å². The van der Waals surface area contributed by atoms with E-state index in [1.165, 1.54) is 53.6 Å². The van der Waals surface area contributed by atoms with Crippen molar-refractivity contribution in [1.82, 2.24) is 19.7 Å². The summed E-state index contributed by atoms with van der Waals surface area (Å²) in [6, 6.07) is 10.4. The number of thiazole rings is 1. The molecule has 31 heavy (non-hydrogen) atoms. The molecule has 1 unspecified atom stereocenters. The molecule has 0 aliphatic heterocycles. The molecule has 1 aromatic carbocycles. The van der Waals surface area contributed by atoms with Gasteiger partial charge in [-0.15, -0.1) is 21.5 Å². The van der Waals surface area contributed by atoms with Crippen LogP contribution in [0.3, 0.4) is 0 Å². The number of aryl methyl sites for hydroxylation is 1. The van der Waals surface area contributed by atoms with Crippen molar-refractivity contribution in [3.05, 3.63) is 52.3 Å². The molecule has 1 saturated carbocycles. The van der Waals surface area contributed by atoms with Gasteiger partial charge in [0.05, 0.1) is 18.0 Å². The van der Waals surface area contributed by atoms with Crippen molar-refractivity contribution in [3.8, 4) is 0 Å². The lowest BCUT2D eigenvalue weighted by Crippen LogP contribution is -2.15. The third kappa shape index (κ3) is 4.85. The molecule has 2 aliphatic carbocycles. The quantitative estimate of drug-likeness (QED) is 0.491. The molecule has 2 heterocycles. The van der Waals surface area contributed by atoms with Gasteiger partial charge in [0.25, 0.3) is 0 Å². The van der Waals surface area contributed by atoms with Crippen LogP contribution in [0.4, 0.5) is 5.13 Å². The van der Waals surface area contributed by atoms with Crippen LogP contribution in [0.2, 0.25) is 0 Å². The molecule has 162 valence electrons. The lowest BCUT2D eigenvalue weighted by molar-refractivity contribution is -0.113. The molecular weight excluding hydrogens is 426 g/mol. The molecule has 6 nitrogen and oxygen atoms in total. The number of thioether (sulfide) groups is 1. The van der Waals surface area contributed by atoms with Crippen LogP contribution in [0.1, 0.15) is 60.5 Å². The normalized spacial score (nSPS) is 18.0. The van der Waals surface area contributed by atoms with Crippen molar-refractivity contribution >= 4 is 34.1 Å². The topological polar surface area (TPSA) is 72.7 Å². The number of fused-ring (bicyclic) bond motifs is 1. The minimum atomic E-state index is -0.0367. The van der Waals surface area contributed by atoms with Gasteiger partial charge < -0.3 is 9.88 Å². The molecule has 1 atom stereocenters. The van der Waals surface area contributed by atoms with Gasteiger partial charge >= 0.3 is 0 Å². The summed E-state index contributed by atoms with van der Waals surface area (Å²) in [5.41, 5.74) is 2.39. The predicted molar refractivity (Wildman–Crippen MR) is 125 cm³/mol. The zero-order chi connectivity index (χ0) is 21.2. The van der Waals surface area contributed by atoms with Gasteiger partial charge in [-0.1, -0.05) is 55.4 Å². The summed E-state index contributed by atoms with van der Waals surface area (Å²) >= 11 is 3.09. The molecule has 0 spiro atoms. The molecule has 5 rings (SSSR count). The van der Waals surface area contributed by atoms with E-state index in [1.54, 1.807) is 11.3 Å². The first kappa shape index (κ1) is 20.7. The van der Waals surface area contributed by atoms with E-state index in [0.717, 1.165) is 41.4 Å². The highest BCUT2D eigenvalue weighted by Crippen LogP contribution is 2.40. The molecule has 8 heteroatoms. The maximum atomic E-state index is 12.6. The third-order valence-electron chi connectivity index (χ3n) is 6.07. The van der Waals surface area contributed by atoms with Gasteiger partial charge in [0.1, 0.15) is 5.82 Å². The third-order valence-corrected chi connectivity index (χ3v) is 8.07. The average Bonchev–Trinajstić information content (AvgIpc) is 3.43. The number of hydrogen-bond acceptors (Lipinski definition) is 6. The molecule has 1 fully saturated rings. The molecule has 2 aromatic heterocycles. The number of carbonyl (C=O) groups is 1. The largest absolute Gasteiger partial charge is 0.301 e. The first-order valence-electron chi connectivity index (χ1n) is 11.1. The monoisotopic (exact) mass is 453 g/mol. The number of aromatic nitrogens is 4. The Morgan fingerprint density at radius 2 is 2.06 bits per heavy atom. The highest BCUT2D eigenvalue weighted by molar-refractivity contribution is 7.99. The van der Waals surface area contributed by atoms with Crippen LogP contribution in [0, 0.1) is 5.92 Å². The predicted octanol–water partition coefficient (Wildman–Crippen LogP) is 4.91. The van der Waals surface area contributed by atoms with E-state index in [-0.39, 0.29) is 5.91 Å². The van der Waals surface area contributed by atoms with E-state index < -0.39 is 0 Å². The van der Waals surface area contributed by atoms with E-state index in [1.807, 2.05) is 18.2 Å². The number of carbonyl (C=O) groups excluding carboxylic acids is 1. The van der Waals surface area contributed by atoms with Gasteiger partial charge in [-0.25, -0.2) is 4.98 Å². The number of nitrogens with one attached hydrogen (secondary N) is 1. The SMILES string of the molecule is CCC1CCc2nc(NC(=O)CSc3nnc(C4CC4)n3Cc3ccccc3)sc2C1. The van der Waals surface area contributed by atoms with Crippen molar-refractivity contribution < 1.29 is 4.79 Å². The zero-order valence-electron chi connectivity index (χ0n) is 17.7. The summed E-state index contributed by atoms with van der Waals surface area (Å²) in [6.07, 6.45) is 6.89. The molecule has 1 N–H and O–H groups in total. The molecule has 3 aromatic rings. The summed E-state index contributed by atoms with van der Waals surface area (Å²) in [5.74, 6) is 2.58. The van der Waals surface area contributed by atoms with Gasteiger partial charge in [-0.05, 0) is 43.6 Å². The minimum absolute atomic E-state index is 0.0367. The molecule has 1 amide bonds. The van der Waals surface area contributed by atoms with Crippen LogP contribution in [0.25, 0.3) is 0 Å². The maximum absolute atomic E-state index is 12.6. The van der Waals surface area contributed by atoms with Gasteiger partial charge in [-0.2, -0.15) is 0 Å². The molecule has 0 radical (unpaired) electrons. The number of benzene rings is 1.